The van der Waals surface area contributed by atoms with Crippen molar-refractivity contribution in [3.63, 3.8) is 0 Å². The van der Waals surface area contributed by atoms with Gasteiger partial charge in [-0.2, -0.15) is 0 Å². The standard InChI is InChI=1S/C13H20O4/c1-8(2)12(14)13(15)9-5-6-10(16-3)11(7-9)17-4/h5-8,12-15H,1-4H3. The van der Waals surface area contributed by atoms with Crippen LogP contribution in [0.2, 0.25) is 0 Å². The number of rotatable bonds is 5. The summed E-state index contributed by atoms with van der Waals surface area (Å²) in [5.74, 6) is 1.13. The zero-order valence-electron chi connectivity index (χ0n) is 10.7. The Bertz CT molecular complexity index is 362. The van der Waals surface area contributed by atoms with Gasteiger partial charge in [0.05, 0.1) is 20.3 Å². The summed E-state index contributed by atoms with van der Waals surface area (Å²) in [7, 11) is 3.09. The van der Waals surface area contributed by atoms with E-state index in [1.807, 2.05) is 13.8 Å². The molecule has 0 aromatic heterocycles. The summed E-state index contributed by atoms with van der Waals surface area (Å²) >= 11 is 0. The molecule has 1 aromatic rings. The van der Waals surface area contributed by atoms with Crippen molar-refractivity contribution in [1.82, 2.24) is 0 Å². The SMILES string of the molecule is COc1ccc(C(O)C(O)C(C)C)cc1OC. The second-order valence-electron chi connectivity index (χ2n) is 4.29. The Morgan fingerprint density at radius 3 is 2.06 bits per heavy atom. The van der Waals surface area contributed by atoms with Crippen LogP contribution in [-0.2, 0) is 0 Å². The van der Waals surface area contributed by atoms with Gasteiger partial charge in [-0.3, -0.25) is 0 Å². The smallest absolute Gasteiger partial charge is 0.161 e. The van der Waals surface area contributed by atoms with Crippen molar-refractivity contribution in [3.05, 3.63) is 23.8 Å². The van der Waals surface area contributed by atoms with Crippen LogP contribution in [0, 0.1) is 5.92 Å². The Balaban J connectivity index is 2.99. The van der Waals surface area contributed by atoms with Gasteiger partial charge in [0.15, 0.2) is 11.5 Å². The van der Waals surface area contributed by atoms with Crippen LogP contribution in [0.4, 0.5) is 0 Å². The van der Waals surface area contributed by atoms with Gasteiger partial charge in [-0.1, -0.05) is 19.9 Å². The molecule has 0 aliphatic heterocycles. The molecule has 2 unspecified atom stereocenters. The quantitative estimate of drug-likeness (QED) is 0.823. The fourth-order valence-electron chi connectivity index (χ4n) is 1.60. The maximum atomic E-state index is 10.00. The summed E-state index contributed by atoms with van der Waals surface area (Å²) in [6.45, 7) is 3.71. The van der Waals surface area contributed by atoms with E-state index in [2.05, 4.69) is 0 Å². The summed E-state index contributed by atoms with van der Waals surface area (Å²) in [5, 5.41) is 19.8. The highest BCUT2D eigenvalue weighted by atomic mass is 16.5. The number of hydrogen-bond acceptors (Lipinski definition) is 4. The number of hydrogen-bond donors (Lipinski definition) is 2. The average Bonchev–Trinajstić information content (AvgIpc) is 2.35. The molecule has 96 valence electrons. The van der Waals surface area contributed by atoms with Gasteiger partial charge in [0.1, 0.15) is 6.10 Å². The van der Waals surface area contributed by atoms with E-state index in [0.717, 1.165) is 0 Å². The second-order valence-corrected chi connectivity index (χ2v) is 4.29. The largest absolute Gasteiger partial charge is 0.493 e. The van der Waals surface area contributed by atoms with Crippen molar-refractivity contribution in [3.8, 4) is 11.5 Å². The molecule has 0 saturated heterocycles. The van der Waals surface area contributed by atoms with E-state index in [1.165, 1.54) is 7.11 Å². The van der Waals surface area contributed by atoms with Gasteiger partial charge in [0.25, 0.3) is 0 Å². The minimum Gasteiger partial charge on any atom is -0.493 e. The van der Waals surface area contributed by atoms with Crippen LogP contribution in [-0.4, -0.2) is 30.5 Å². The lowest BCUT2D eigenvalue weighted by Crippen LogP contribution is -2.23. The second kappa shape index (κ2) is 5.89. The molecule has 0 aliphatic carbocycles. The maximum absolute atomic E-state index is 10.00. The molecule has 0 aliphatic rings. The molecule has 0 heterocycles. The minimum atomic E-state index is -0.921. The molecule has 2 N–H and O–H groups in total. The first-order valence-corrected chi connectivity index (χ1v) is 5.59. The molecule has 0 bridgehead atoms. The van der Waals surface area contributed by atoms with Crippen molar-refractivity contribution in [2.45, 2.75) is 26.1 Å². The topological polar surface area (TPSA) is 58.9 Å². The molecule has 0 fully saturated rings. The number of benzene rings is 1. The minimum absolute atomic E-state index is 0.0157. The summed E-state index contributed by atoms with van der Waals surface area (Å²) in [4.78, 5) is 0. The lowest BCUT2D eigenvalue weighted by atomic mass is 9.96. The van der Waals surface area contributed by atoms with Crippen LogP contribution in [0.25, 0.3) is 0 Å². The first-order valence-electron chi connectivity index (χ1n) is 5.59. The first kappa shape index (κ1) is 13.8. The zero-order valence-corrected chi connectivity index (χ0v) is 10.7. The van der Waals surface area contributed by atoms with Gasteiger partial charge in [-0.25, -0.2) is 0 Å². The van der Waals surface area contributed by atoms with Crippen LogP contribution in [0.5, 0.6) is 11.5 Å². The van der Waals surface area contributed by atoms with Gasteiger partial charge in [-0.05, 0) is 23.6 Å². The third-order valence-electron chi connectivity index (χ3n) is 2.76. The van der Waals surface area contributed by atoms with Crippen molar-refractivity contribution < 1.29 is 19.7 Å². The van der Waals surface area contributed by atoms with Crippen molar-refractivity contribution in [2.24, 2.45) is 5.92 Å². The molecule has 1 rings (SSSR count). The van der Waals surface area contributed by atoms with Gasteiger partial charge in [0.2, 0.25) is 0 Å². The van der Waals surface area contributed by atoms with E-state index in [9.17, 15) is 10.2 Å². The lowest BCUT2D eigenvalue weighted by molar-refractivity contribution is -0.00950. The predicted molar refractivity (Wildman–Crippen MR) is 65.4 cm³/mol. The van der Waals surface area contributed by atoms with Gasteiger partial charge >= 0.3 is 0 Å². The predicted octanol–water partition coefficient (Wildman–Crippen LogP) is 1.75. The highest BCUT2D eigenvalue weighted by Crippen LogP contribution is 2.31. The van der Waals surface area contributed by atoms with Gasteiger partial charge in [0, 0.05) is 0 Å². The van der Waals surface area contributed by atoms with Crippen molar-refractivity contribution in [2.75, 3.05) is 14.2 Å². The van der Waals surface area contributed by atoms with Crippen molar-refractivity contribution >= 4 is 0 Å². The lowest BCUT2D eigenvalue weighted by Gasteiger charge is -2.22. The molecule has 1 aromatic carbocycles. The molecule has 0 radical (unpaired) electrons. The van der Waals surface area contributed by atoms with Crippen molar-refractivity contribution in [1.29, 1.82) is 0 Å². The highest BCUT2D eigenvalue weighted by molar-refractivity contribution is 5.43. The molecular formula is C13H20O4. The zero-order chi connectivity index (χ0) is 13.0. The Morgan fingerprint density at radius 2 is 1.59 bits per heavy atom. The molecule has 4 nitrogen and oxygen atoms in total. The molecule has 17 heavy (non-hydrogen) atoms. The number of ether oxygens (including phenoxy) is 2. The molecule has 0 amide bonds. The third-order valence-corrected chi connectivity index (χ3v) is 2.76. The van der Waals surface area contributed by atoms with Crippen LogP contribution >= 0.6 is 0 Å². The van der Waals surface area contributed by atoms with Gasteiger partial charge < -0.3 is 19.7 Å². The van der Waals surface area contributed by atoms with Crippen LogP contribution in [0.1, 0.15) is 25.5 Å². The Kier molecular flexibility index (Phi) is 4.78. The van der Waals surface area contributed by atoms with Crippen LogP contribution in [0.3, 0.4) is 0 Å². The van der Waals surface area contributed by atoms with E-state index < -0.39 is 12.2 Å². The number of aliphatic hydroxyl groups excluding tert-OH is 2. The van der Waals surface area contributed by atoms with E-state index in [0.29, 0.717) is 17.1 Å². The number of aliphatic hydroxyl groups is 2. The summed E-state index contributed by atoms with van der Waals surface area (Å²) in [6.07, 6.45) is -1.72. The van der Waals surface area contributed by atoms with Crippen LogP contribution in [0.15, 0.2) is 18.2 Å². The Morgan fingerprint density at radius 1 is 1.00 bits per heavy atom. The van der Waals surface area contributed by atoms with E-state index >= 15 is 0 Å². The monoisotopic (exact) mass is 240 g/mol. The normalized spacial score (nSPS) is 14.5. The molecular weight excluding hydrogens is 220 g/mol. The highest BCUT2D eigenvalue weighted by Gasteiger charge is 2.22. The fraction of sp³-hybridized carbons (Fsp3) is 0.538. The molecule has 4 heteroatoms. The molecule has 0 spiro atoms. The summed E-state index contributed by atoms with van der Waals surface area (Å²) in [5.41, 5.74) is 0.615. The third kappa shape index (κ3) is 3.11. The van der Waals surface area contributed by atoms with E-state index in [-0.39, 0.29) is 5.92 Å². The summed E-state index contributed by atoms with van der Waals surface area (Å²) in [6, 6.07) is 5.11. The number of methoxy groups -OCH3 is 2. The van der Waals surface area contributed by atoms with Gasteiger partial charge in [-0.15, -0.1) is 0 Å². The molecule has 2 atom stereocenters. The average molecular weight is 240 g/mol. The molecule has 0 saturated carbocycles. The maximum Gasteiger partial charge on any atom is 0.161 e. The van der Waals surface area contributed by atoms with E-state index in [1.54, 1.807) is 25.3 Å². The fourth-order valence-corrected chi connectivity index (χ4v) is 1.60. The Hall–Kier alpha value is -1.26. The first-order chi connectivity index (χ1) is 8.01. The Labute approximate surface area is 102 Å². The summed E-state index contributed by atoms with van der Waals surface area (Å²) < 4.78 is 10.3. The van der Waals surface area contributed by atoms with E-state index in [4.69, 9.17) is 9.47 Å². The van der Waals surface area contributed by atoms with Crippen LogP contribution < -0.4 is 9.47 Å².